The van der Waals surface area contributed by atoms with Crippen LogP contribution in [-0.4, -0.2) is 21.7 Å². The van der Waals surface area contributed by atoms with Crippen molar-refractivity contribution in [1.82, 2.24) is 9.97 Å². The summed E-state index contributed by atoms with van der Waals surface area (Å²) < 4.78 is 69.2. The molecule has 0 fully saturated rings. The molecule has 2 aromatic carbocycles. The van der Waals surface area contributed by atoms with Crippen LogP contribution in [0.3, 0.4) is 0 Å². The maximum atomic E-state index is 14.0. The first kappa shape index (κ1) is 21.2. The number of aryl methyl sites for hydroxylation is 1. The van der Waals surface area contributed by atoms with E-state index in [1.54, 1.807) is 20.8 Å². The van der Waals surface area contributed by atoms with Crippen molar-refractivity contribution in [2.75, 3.05) is 0 Å². The van der Waals surface area contributed by atoms with E-state index in [9.17, 15) is 22.0 Å². The maximum Gasteiger partial charge on any atom is 0.406 e. The van der Waals surface area contributed by atoms with Crippen molar-refractivity contribution in [3.63, 3.8) is 0 Å². The number of fused-ring (bicyclic) bond motifs is 1. The summed E-state index contributed by atoms with van der Waals surface area (Å²) in [4.78, 5) is 6.84. The van der Waals surface area contributed by atoms with Crippen molar-refractivity contribution in [2.45, 2.75) is 50.7 Å². The van der Waals surface area contributed by atoms with Gasteiger partial charge in [0.1, 0.15) is 23.0 Å². The number of aromatic amines is 1. The van der Waals surface area contributed by atoms with Crippen LogP contribution in [0.4, 0.5) is 22.0 Å². The molecule has 0 spiro atoms. The minimum Gasteiger partial charge on any atom is -0.342 e. The number of nitrogens with one attached hydrogen (secondary N) is 1. The van der Waals surface area contributed by atoms with Gasteiger partial charge in [-0.25, -0.2) is 13.8 Å². The van der Waals surface area contributed by atoms with E-state index in [1.165, 1.54) is 30.3 Å². The van der Waals surface area contributed by atoms with E-state index in [2.05, 4.69) is 9.97 Å². The summed E-state index contributed by atoms with van der Waals surface area (Å²) in [6.07, 6.45) is -5.85. The summed E-state index contributed by atoms with van der Waals surface area (Å²) in [6.45, 7) is 4.93. The lowest BCUT2D eigenvalue weighted by atomic mass is 9.71. The second-order valence-electron chi connectivity index (χ2n) is 8.20. The molecule has 29 heavy (non-hydrogen) atoms. The molecule has 0 saturated heterocycles. The maximum absolute atomic E-state index is 14.0. The van der Waals surface area contributed by atoms with Crippen molar-refractivity contribution in [3.05, 3.63) is 65.0 Å². The third-order valence-corrected chi connectivity index (χ3v) is 5.23. The lowest BCUT2D eigenvalue weighted by molar-refractivity contribution is -0.191. The van der Waals surface area contributed by atoms with Gasteiger partial charge in [0, 0.05) is 6.42 Å². The molecular formula is C21H22F5N3. The SMILES string of the molecule is Cc1ccc(F)cc1C(C)(C)CC(N)(Cc1nc2ccc(F)cc2[nH]1)C(F)(F)F. The molecule has 0 radical (unpaired) electrons. The summed E-state index contributed by atoms with van der Waals surface area (Å²) in [5.41, 5.74) is 4.02. The van der Waals surface area contributed by atoms with E-state index < -0.39 is 41.6 Å². The van der Waals surface area contributed by atoms with E-state index in [1.807, 2.05) is 0 Å². The largest absolute Gasteiger partial charge is 0.406 e. The predicted molar refractivity (Wildman–Crippen MR) is 102 cm³/mol. The van der Waals surface area contributed by atoms with E-state index in [4.69, 9.17) is 5.73 Å². The zero-order valence-electron chi connectivity index (χ0n) is 16.3. The molecule has 0 bridgehead atoms. The molecule has 0 aliphatic rings. The zero-order valence-corrected chi connectivity index (χ0v) is 16.3. The van der Waals surface area contributed by atoms with Gasteiger partial charge in [0.15, 0.2) is 0 Å². The van der Waals surface area contributed by atoms with Crippen LogP contribution in [0, 0.1) is 18.6 Å². The highest BCUT2D eigenvalue weighted by atomic mass is 19.4. The highest BCUT2D eigenvalue weighted by molar-refractivity contribution is 5.74. The van der Waals surface area contributed by atoms with Gasteiger partial charge in [-0.05, 0) is 60.2 Å². The number of aromatic nitrogens is 2. The fraction of sp³-hybridized carbons (Fsp3) is 0.381. The molecule has 0 aliphatic heterocycles. The molecule has 1 atom stereocenters. The van der Waals surface area contributed by atoms with Crippen LogP contribution in [0.15, 0.2) is 36.4 Å². The number of hydrogen-bond donors (Lipinski definition) is 2. The van der Waals surface area contributed by atoms with Gasteiger partial charge < -0.3 is 10.7 Å². The molecule has 3 N–H and O–H groups in total. The van der Waals surface area contributed by atoms with Crippen molar-refractivity contribution in [2.24, 2.45) is 5.73 Å². The van der Waals surface area contributed by atoms with Gasteiger partial charge in [-0.1, -0.05) is 19.9 Å². The van der Waals surface area contributed by atoms with Crippen molar-refractivity contribution >= 4 is 11.0 Å². The third-order valence-electron chi connectivity index (χ3n) is 5.23. The quantitative estimate of drug-likeness (QED) is 0.559. The summed E-state index contributed by atoms with van der Waals surface area (Å²) in [5.74, 6) is -1.03. The number of imidazole rings is 1. The molecule has 156 valence electrons. The van der Waals surface area contributed by atoms with Crippen molar-refractivity contribution < 1.29 is 22.0 Å². The average Bonchev–Trinajstić information content (AvgIpc) is 2.96. The van der Waals surface area contributed by atoms with Crippen LogP contribution >= 0.6 is 0 Å². The molecule has 1 unspecified atom stereocenters. The summed E-state index contributed by atoms with van der Waals surface area (Å²) in [6, 6.07) is 7.78. The summed E-state index contributed by atoms with van der Waals surface area (Å²) >= 11 is 0. The Morgan fingerprint density at radius 3 is 2.28 bits per heavy atom. The standard InChI is InChI=1S/C21H22F5N3/c1-12-4-5-13(22)8-15(12)19(2,3)11-20(27,21(24,25)26)10-18-28-16-7-6-14(23)9-17(16)29-18/h4-9H,10-11,27H2,1-3H3,(H,28,29). The smallest absolute Gasteiger partial charge is 0.342 e. The van der Waals surface area contributed by atoms with Gasteiger partial charge in [-0.15, -0.1) is 0 Å². The first-order valence-corrected chi connectivity index (χ1v) is 9.07. The topological polar surface area (TPSA) is 54.7 Å². The molecule has 0 amide bonds. The normalized spacial score (nSPS) is 14.9. The van der Waals surface area contributed by atoms with Crippen molar-refractivity contribution in [1.29, 1.82) is 0 Å². The fourth-order valence-corrected chi connectivity index (χ4v) is 3.89. The molecule has 0 aliphatic carbocycles. The molecule has 1 aromatic heterocycles. The lowest BCUT2D eigenvalue weighted by Crippen LogP contribution is -2.58. The Bertz CT molecular complexity index is 1040. The first-order chi connectivity index (χ1) is 13.3. The van der Waals surface area contributed by atoms with E-state index in [0.29, 0.717) is 22.2 Å². The molecule has 3 rings (SSSR count). The summed E-state index contributed by atoms with van der Waals surface area (Å²) in [5, 5.41) is 0. The van der Waals surface area contributed by atoms with Crippen molar-refractivity contribution in [3.8, 4) is 0 Å². The number of hydrogen-bond acceptors (Lipinski definition) is 2. The monoisotopic (exact) mass is 411 g/mol. The Kier molecular flexibility index (Phi) is 5.19. The molecular weight excluding hydrogens is 389 g/mol. The van der Waals surface area contributed by atoms with Crippen LogP contribution in [-0.2, 0) is 11.8 Å². The van der Waals surface area contributed by atoms with Gasteiger partial charge in [-0.2, -0.15) is 13.2 Å². The Balaban J connectivity index is 1.98. The fourth-order valence-electron chi connectivity index (χ4n) is 3.89. The molecule has 8 heteroatoms. The second-order valence-corrected chi connectivity index (χ2v) is 8.20. The number of nitrogens with two attached hydrogens (primary N) is 1. The van der Waals surface area contributed by atoms with Gasteiger partial charge in [0.25, 0.3) is 0 Å². The van der Waals surface area contributed by atoms with E-state index in [0.717, 1.165) is 6.07 Å². The van der Waals surface area contributed by atoms with Crippen LogP contribution in [0.1, 0.15) is 37.2 Å². The number of alkyl halides is 3. The highest BCUT2D eigenvalue weighted by Crippen LogP contribution is 2.42. The number of rotatable bonds is 5. The molecule has 3 nitrogen and oxygen atoms in total. The Hall–Kier alpha value is -2.48. The Morgan fingerprint density at radius 1 is 1.00 bits per heavy atom. The number of benzene rings is 2. The lowest BCUT2D eigenvalue weighted by Gasteiger charge is -2.39. The number of halogens is 5. The van der Waals surface area contributed by atoms with E-state index >= 15 is 0 Å². The number of nitrogens with zero attached hydrogens (tertiary/aromatic N) is 1. The zero-order chi connectivity index (χ0) is 21.6. The van der Waals surface area contributed by atoms with Crippen LogP contribution < -0.4 is 5.73 Å². The Labute approximate surface area is 165 Å². The first-order valence-electron chi connectivity index (χ1n) is 9.07. The average molecular weight is 411 g/mol. The van der Waals surface area contributed by atoms with Gasteiger partial charge in [0.2, 0.25) is 0 Å². The summed E-state index contributed by atoms with van der Waals surface area (Å²) in [7, 11) is 0. The third kappa shape index (κ3) is 4.27. The van der Waals surface area contributed by atoms with Crippen LogP contribution in [0.25, 0.3) is 11.0 Å². The number of H-pyrrole nitrogens is 1. The minimum atomic E-state index is -4.74. The van der Waals surface area contributed by atoms with Gasteiger partial charge in [-0.3, -0.25) is 0 Å². The Morgan fingerprint density at radius 2 is 1.62 bits per heavy atom. The van der Waals surface area contributed by atoms with Crippen LogP contribution in [0.5, 0.6) is 0 Å². The predicted octanol–water partition coefficient (Wildman–Crippen LogP) is 5.32. The molecule has 1 heterocycles. The molecule has 3 aromatic rings. The minimum absolute atomic E-state index is 0.0113. The van der Waals surface area contributed by atoms with Gasteiger partial charge in [0.05, 0.1) is 11.0 Å². The molecule has 0 saturated carbocycles. The van der Waals surface area contributed by atoms with Gasteiger partial charge >= 0.3 is 6.18 Å². The second kappa shape index (κ2) is 7.09. The van der Waals surface area contributed by atoms with E-state index in [-0.39, 0.29) is 5.82 Å². The van der Waals surface area contributed by atoms with Crippen LogP contribution in [0.2, 0.25) is 0 Å². The highest BCUT2D eigenvalue weighted by Gasteiger charge is 2.54.